The first kappa shape index (κ1) is 11.5. The SMILES string of the molecule is N#CCC(=O)c1cc(Br)c(Cl)cc1Cl. The van der Waals surface area contributed by atoms with Gasteiger partial charge in [0.15, 0.2) is 5.78 Å². The molecule has 0 spiro atoms. The van der Waals surface area contributed by atoms with Gasteiger partial charge in [0.25, 0.3) is 0 Å². The Morgan fingerprint density at radius 2 is 2.07 bits per heavy atom. The predicted molar refractivity (Wildman–Crippen MR) is 58.7 cm³/mol. The average Bonchev–Trinajstić information content (AvgIpc) is 2.11. The fourth-order valence-corrected chi connectivity index (χ4v) is 1.74. The van der Waals surface area contributed by atoms with Crippen LogP contribution in [0.2, 0.25) is 10.0 Å². The number of nitrogens with zero attached hydrogens (tertiary/aromatic N) is 1. The van der Waals surface area contributed by atoms with Crippen molar-refractivity contribution in [2.45, 2.75) is 6.42 Å². The number of halogens is 3. The minimum absolute atomic E-state index is 0.187. The van der Waals surface area contributed by atoms with E-state index in [0.717, 1.165) is 0 Å². The Bertz CT molecular complexity index is 426. The van der Waals surface area contributed by atoms with E-state index in [9.17, 15) is 4.79 Å². The topological polar surface area (TPSA) is 40.9 Å². The summed E-state index contributed by atoms with van der Waals surface area (Å²) in [7, 11) is 0. The molecule has 0 aromatic heterocycles. The van der Waals surface area contributed by atoms with Crippen LogP contribution in [0.25, 0.3) is 0 Å². The van der Waals surface area contributed by atoms with Crippen LogP contribution < -0.4 is 0 Å². The van der Waals surface area contributed by atoms with Crippen LogP contribution in [0, 0.1) is 11.3 Å². The first-order valence-corrected chi connectivity index (χ1v) is 5.16. The molecular weight excluding hydrogens is 289 g/mol. The van der Waals surface area contributed by atoms with E-state index >= 15 is 0 Å². The molecule has 0 amide bonds. The summed E-state index contributed by atoms with van der Waals surface area (Å²) in [6.45, 7) is 0. The van der Waals surface area contributed by atoms with Crippen LogP contribution in [0.4, 0.5) is 0 Å². The summed E-state index contributed by atoms with van der Waals surface area (Å²) in [6, 6.07) is 4.76. The van der Waals surface area contributed by atoms with Gasteiger partial charge >= 0.3 is 0 Å². The normalized spacial score (nSPS) is 9.57. The lowest BCUT2D eigenvalue weighted by atomic mass is 10.1. The van der Waals surface area contributed by atoms with Crippen LogP contribution in [0.3, 0.4) is 0 Å². The molecule has 0 saturated heterocycles. The van der Waals surface area contributed by atoms with E-state index in [2.05, 4.69) is 15.9 Å². The van der Waals surface area contributed by atoms with Crippen LogP contribution in [0.15, 0.2) is 16.6 Å². The highest BCUT2D eigenvalue weighted by Crippen LogP contribution is 2.29. The van der Waals surface area contributed by atoms with Crippen molar-refractivity contribution in [2.24, 2.45) is 0 Å². The van der Waals surface area contributed by atoms with Gasteiger partial charge in [-0.2, -0.15) is 5.26 Å². The first-order valence-electron chi connectivity index (χ1n) is 3.61. The summed E-state index contributed by atoms with van der Waals surface area (Å²) in [4.78, 5) is 11.4. The molecule has 2 nitrogen and oxygen atoms in total. The summed E-state index contributed by atoms with van der Waals surface area (Å²) in [6.07, 6.45) is -0.187. The molecule has 0 aliphatic rings. The minimum Gasteiger partial charge on any atom is -0.293 e. The first-order chi connectivity index (χ1) is 6.56. The Morgan fingerprint density at radius 1 is 1.43 bits per heavy atom. The zero-order valence-electron chi connectivity index (χ0n) is 6.85. The number of rotatable bonds is 2. The highest BCUT2D eigenvalue weighted by Gasteiger charge is 2.12. The van der Waals surface area contributed by atoms with Crippen LogP contribution >= 0.6 is 39.1 Å². The second-order valence-electron chi connectivity index (χ2n) is 2.50. The summed E-state index contributed by atoms with van der Waals surface area (Å²) in [5, 5.41) is 9.06. The Hall–Kier alpha value is -0.560. The molecule has 0 heterocycles. The fourth-order valence-electron chi connectivity index (χ4n) is 0.903. The quantitative estimate of drug-likeness (QED) is 0.613. The summed E-state index contributed by atoms with van der Waals surface area (Å²) in [5.74, 6) is -0.310. The molecule has 0 radical (unpaired) electrons. The molecule has 1 rings (SSSR count). The van der Waals surface area contributed by atoms with Crippen LogP contribution in [0.5, 0.6) is 0 Å². The standard InChI is InChI=1S/C9H4BrCl2NO/c10-6-3-5(9(14)1-2-13)7(11)4-8(6)12/h3-4H,1H2. The van der Waals surface area contributed by atoms with Crippen molar-refractivity contribution in [3.8, 4) is 6.07 Å². The molecule has 0 unspecified atom stereocenters. The molecule has 0 N–H and O–H groups in total. The molecule has 5 heteroatoms. The monoisotopic (exact) mass is 291 g/mol. The van der Waals surface area contributed by atoms with Crippen molar-refractivity contribution < 1.29 is 4.79 Å². The van der Waals surface area contributed by atoms with Crippen molar-refractivity contribution in [1.82, 2.24) is 0 Å². The van der Waals surface area contributed by atoms with Crippen molar-refractivity contribution in [3.05, 3.63) is 32.2 Å². The summed E-state index contributed by atoms with van der Waals surface area (Å²) >= 11 is 14.7. The molecule has 0 saturated carbocycles. The lowest BCUT2D eigenvalue weighted by Crippen LogP contribution is -1.98. The van der Waals surface area contributed by atoms with E-state index in [-0.39, 0.29) is 17.2 Å². The number of Topliss-reactive ketones (excluding diaryl/α,β-unsaturated/α-hetero) is 1. The molecule has 0 aliphatic carbocycles. The van der Waals surface area contributed by atoms with Gasteiger partial charge in [-0.3, -0.25) is 4.79 Å². The largest absolute Gasteiger partial charge is 0.293 e. The summed E-state index contributed by atoms with van der Waals surface area (Å²) in [5.41, 5.74) is 0.310. The predicted octanol–water partition coefficient (Wildman–Crippen LogP) is 3.85. The number of hydrogen-bond donors (Lipinski definition) is 0. The smallest absolute Gasteiger partial charge is 0.178 e. The van der Waals surface area contributed by atoms with Gasteiger partial charge in [-0.1, -0.05) is 23.2 Å². The van der Waals surface area contributed by atoms with Crippen LogP contribution in [-0.2, 0) is 0 Å². The molecule has 72 valence electrons. The Kier molecular flexibility index (Phi) is 3.94. The number of carbonyl (C=O) groups is 1. The molecule has 0 bridgehead atoms. The molecular formula is C9H4BrCl2NO. The molecule has 0 fully saturated rings. The third kappa shape index (κ3) is 2.48. The number of nitriles is 1. The van der Waals surface area contributed by atoms with Crippen molar-refractivity contribution in [2.75, 3.05) is 0 Å². The maximum Gasteiger partial charge on any atom is 0.178 e. The van der Waals surface area contributed by atoms with E-state index in [1.165, 1.54) is 12.1 Å². The zero-order valence-corrected chi connectivity index (χ0v) is 9.95. The highest BCUT2D eigenvalue weighted by atomic mass is 79.9. The van der Waals surface area contributed by atoms with Crippen molar-refractivity contribution in [1.29, 1.82) is 5.26 Å². The molecule has 0 atom stereocenters. The van der Waals surface area contributed by atoms with Crippen LogP contribution in [0.1, 0.15) is 16.8 Å². The van der Waals surface area contributed by atoms with Crippen LogP contribution in [-0.4, -0.2) is 5.78 Å². The number of benzene rings is 1. The lowest BCUT2D eigenvalue weighted by Gasteiger charge is -2.03. The Balaban J connectivity index is 3.17. The van der Waals surface area contributed by atoms with Gasteiger partial charge in [0, 0.05) is 10.0 Å². The second-order valence-corrected chi connectivity index (χ2v) is 4.17. The van der Waals surface area contributed by atoms with Gasteiger partial charge in [-0.15, -0.1) is 0 Å². The van der Waals surface area contributed by atoms with Crippen molar-refractivity contribution in [3.63, 3.8) is 0 Å². The van der Waals surface area contributed by atoms with Gasteiger partial charge < -0.3 is 0 Å². The van der Waals surface area contributed by atoms with Crippen molar-refractivity contribution >= 4 is 44.9 Å². The highest BCUT2D eigenvalue weighted by molar-refractivity contribution is 9.10. The third-order valence-electron chi connectivity index (χ3n) is 1.55. The second kappa shape index (κ2) is 4.79. The molecule has 1 aromatic carbocycles. The van der Waals surface area contributed by atoms with E-state index in [0.29, 0.717) is 15.1 Å². The minimum atomic E-state index is -0.310. The maximum absolute atomic E-state index is 11.4. The van der Waals surface area contributed by atoms with Gasteiger partial charge in [-0.25, -0.2) is 0 Å². The van der Waals surface area contributed by atoms with Gasteiger partial charge in [0.05, 0.1) is 22.5 Å². The van der Waals surface area contributed by atoms with Gasteiger partial charge in [0.2, 0.25) is 0 Å². The third-order valence-corrected chi connectivity index (χ3v) is 3.06. The Labute approximate surface area is 99.6 Å². The number of ketones is 1. The zero-order chi connectivity index (χ0) is 10.7. The molecule has 14 heavy (non-hydrogen) atoms. The summed E-state index contributed by atoms with van der Waals surface area (Å²) < 4.78 is 0.588. The van der Waals surface area contributed by atoms with Gasteiger partial charge in [0.1, 0.15) is 0 Å². The van der Waals surface area contributed by atoms with E-state index < -0.39 is 0 Å². The van der Waals surface area contributed by atoms with E-state index in [1.807, 2.05) is 0 Å². The lowest BCUT2D eigenvalue weighted by molar-refractivity contribution is 0.0998. The maximum atomic E-state index is 11.4. The molecule has 0 aliphatic heterocycles. The van der Waals surface area contributed by atoms with E-state index in [1.54, 1.807) is 6.07 Å². The molecule has 1 aromatic rings. The number of carbonyl (C=O) groups excluding carboxylic acids is 1. The average molecular weight is 293 g/mol. The number of hydrogen-bond acceptors (Lipinski definition) is 2. The van der Waals surface area contributed by atoms with Gasteiger partial charge in [-0.05, 0) is 28.1 Å². The fraction of sp³-hybridized carbons (Fsp3) is 0.111. The Morgan fingerprint density at radius 3 is 2.64 bits per heavy atom. The van der Waals surface area contributed by atoms with E-state index in [4.69, 9.17) is 28.5 Å².